The molecule has 3 aromatic rings. The lowest BCUT2D eigenvalue weighted by Gasteiger charge is -2.02. The number of carbonyl (C=O) groups excluding carboxylic acids is 1. The predicted octanol–water partition coefficient (Wildman–Crippen LogP) is 2.97. The summed E-state index contributed by atoms with van der Waals surface area (Å²) < 4.78 is 1.34. The van der Waals surface area contributed by atoms with E-state index in [-0.39, 0.29) is 12.3 Å². The number of hydrogen-bond acceptors (Lipinski definition) is 3. The van der Waals surface area contributed by atoms with Crippen LogP contribution in [0.5, 0.6) is 0 Å². The van der Waals surface area contributed by atoms with Gasteiger partial charge in [0.15, 0.2) is 0 Å². The van der Waals surface area contributed by atoms with Gasteiger partial charge in [0.1, 0.15) is 5.52 Å². The quantitative estimate of drug-likeness (QED) is 0.720. The second-order valence-electron chi connectivity index (χ2n) is 4.19. The predicted molar refractivity (Wildman–Crippen MR) is 73.3 cm³/mol. The lowest BCUT2D eigenvalue weighted by molar-refractivity contribution is 0.0901. The van der Waals surface area contributed by atoms with E-state index in [1.54, 1.807) is 12.1 Å². The van der Waals surface area contributed by atoms with Crippen LogP contribution in [0.4, 0.5) is 0 Å². The van der Waals surface area contributed by atoms with Crippen LogP contribution in [0, 0.1) is 0 Å². The van der Waals surface area contributed by atoms with Crippen molar-refractivity contribution in [2.45, 2.75) is 6.42 Å². The van der Waals surface area contributed by atoms with Crippen LogP contribution in [-0.2, 0) is 6.42 Å². The van der Waals surface area contributed by atoms with Crippen LogP contribution in [0.2, 0.25) is 5.02 Å². The van der Waals surface area contributed by atoms with E-state index in [9.17, 15) is 4.79 Å². The highest BCUT2D eigenvalue weighted by Crippen LogP contribution is 2.13. The number of aromatic nitrogens is 3. The molecular weight excluding hydrogens is 262 g/mol. The highest BCUT2D eigenvalue weighted by molar-refractivity contribution is 6.30. The van der Waals surface area contributed by atoms with Crippen LogP contribution in [0.25, 0.3) is 11.0 Å². The Kier molecular flexibility index (Phi) is 3.01. The Balaban J connectivity index is 1.90. The fourth-order valence-electron chi connectivity index (χ4n) is 1.90. The molecule has 0 fully saturated rings. The molecule has 0 bridgehead atoms. The Bertz CT molecular complexity index is 734. The lowest BCUT2D eigenvalue weighted by atomic mass is 10.1. The maximum atomic E-state index is 12.2. The Hall–Kier alpha value is -2.20. The first-order chi connectivity index (χ1) is 9.24. The summed E-state index contributed by atoms with van der Waals surface area (Å²) in [5, 5.41) is 8.52. The minimum absolute atomic E-state index is 0.115. The van der Waals surface area contributed by atoms with Crippen molar-refractivity contribution < 1.29 is 4.79 Å². The minimum atomic E-state index is -0.115. The number of halogens is 1. The van der Waals surface area contributed by atoms with Gasteiger partial charge in [-0.2, -0.15) is 4.68 Å². The van der Waals surface area contributed by atoms with Crippen molar-refractivity contribution >= 4 is 28.5 Å². The van der Waals surface area contributed by atoms with Gasteiger partial charge in [0.25, 0.3) is 5.91 Å². The molecule has 0 aliphatic heterocycles. The Labute approximate surface area is 114 Å². The van der Waals surface area contributed by atoms with Gasteiger partial charge in [-0.1, -0.05) is 41.1 Å². The average molecular weight is 272 g/mol. The molecule has 0 radical (unpaired) electrons. The molecule has 0 amide bonds. The Morgan fingerprint density at radius 1 is 1.11 bits per heavy atom. The van der Waals surface area contributed by atoms with Crippen LogP contribution in [-0.4, -0.2) is 20.9 Å². The van der Waals surface area contributed by atoms with Gasteiger partial charge in [0, 0.05) is 5.02 Å². The first-order valence-corrected chi connectivity index (χ1v) is 6.20. The third kappa shape index (κ3) is 2.35. The number of rotatable bonds is 2. The molecule has 0 saturated carbocycles. The van der Waals surface area contributed by atoms with Crippen molar-refractivity contribution in [2.24, 2.45) is 0 Å². The number of carbonyl (C=O) groups is 1. The molecule has 1 heterocycles. The van der Waals surface area contributed by atoms with Crippen molar-refractivity contribution in [2.75, 3.05) is 0 Å². The van der Waals surface area contributed by atoms with Crippen molar-refractivity contribution in [3.8, 4) is 0 Å². The summed E-state index contributed by atoms with van der Waals surface area (Å²) in [7, 11) is 0. The van der Waals surface area contributed by atoms with Crippen LogP contribution in [0.3, 0.4) is 0 Å². The molecule has 0 aliphatic carbocycles. The Morgan fingerprint density at radius 2 is 1.84 bits per heavy atom. The molecule has 19 heavy (non-hydrogen) atoms. The van der Waals surface area contributed by atoms with E-state index in [0.717, 1.165) is 11.1 Å². The SMILES string of the molecule is O=C(Cc1ccc(Cl)cc1)n1nnc2ccccc21. The summed E-state index contributed by atoms with van der Waals surface area (Å²) in [6.45, 7) is 0. The summed E-state index contributed by atoms with van der Waals surface area (Å²) in [5.74, 6) is -0.115. The first kappa shape index (κ1) is 11.9. The van der Waals surface area contributed by atoms with E-state index in [2.05, 4.69) is 10.3 Å². The van der Waals surface area contributed by atoms with Gasteiger partial charge in [-0.05, 0) is 29.8 Å². The van der Waals surface area contributed by atoms with Crippen LogP contribution in [0.1, 0.15) is 10.4 Å². The number of benzene rings is 2. The molecule has 5 heteroatoms. The summed E-state index contributed by atoms with van der Waals surface area (Å²) in [6, 6.07) is 14.6. The fourth-order valence-corrected chi connectivity index (χ4v) is 2.03. The Morgan fingerprint density at radius 3 is 2.63 bits per heavy atom. The summed E-state index contributed by atoms with van der Waals surface area (Å²) in [4.78, 5) is 12.2. The van der Waals surface area contributed by atoms with Crippen LogP contribution < -0.4 is 0 Å². The van der Waals surface area contributed by atoms with Crippen LogP contribution in [0.15, 0.2) is 48.5 Å². The van der Waals surface area contributed by atoms with Gasteiger partial charge >= 0.3 is 0 Å². The summed E-state index contributed by atoms with van der Waals surface area (Å²) in [5.41, 5.74) is 2.34. The van der Waals surface area contributed by atoms with E-state index in [0.29, 0.717) is 10.5 Å². The number of nitrogens with zero attached hydrogens (tertiary/aromatic N) is 3. The summed E-state index contributed by atoms with van der Waals surface area (Å²) in [6.07, 6.45) is 0.268. The molecule has 0 spiro atoms. The summed E-state index contributed by atoms with van der Waals surface area (Å²) >= 11 is 5.81. The van der Waals surface area contributed by atoms with Crippen molar-refractivity contribution in [3.05, 3.63) is 59.1 Å². The molecule has 4 nitrogen and oxygen atoms in total. The zero-order valence-electron chi connectivity index (χ0n) is 9.95. The molecule has 0 N–H and O–H groups in total. The number of fused-ring (bicyclic) bond motifs is 1. The van der Waals surface area contributed by atoms with Crippen molar-refractivity contribution in [1.29, 1.82) is 0 Å². The van der Waals surface area contributed by atoms with E-state index in [1.807, 2.05) is 36.4 Å². The average Bonchev–Trinajstić information content (AvgIpc) is 2.85. The molecule has 3 rings (SSSR count). The van der Waals surface area contributed by atoms with Gasteiger partial charge in [0.05, 0.1) is 11.9 Å². The molecule has 2 aromatic carbocycles. The van der Waals surface area contributed by atoms with Gasteiger partial charge in [-0.15, -0.1) is 5.10 Å². The molecule has 1 aromatic heterocycles. The molecule has 0 unspecified atom stereocenters. The molecular formula is C14H10ClN3O. The molecule has 94 valence electrons. The molecule has 0 aliphatic rings. The maximum absolute atomic E-state index is 12.2. The highest BCUT2D eigenvalue weighted by atomic mass is 35.5. The number of para-hydroxylation sites is 1. The molecule has 0 atom stereocenters. The zero-order chi connectivity index (χ0) is 13.2. The fraction of sp³-hybridized carbons (Fsp3) is 0.0714. The molecule has 0 saturated heterocycles. The van der Waals surface area contributed by atoms with E-state index in [4.69, 9.17) is 11.6 Å². The van der Waals surface area contributed by atoms with Gasteiger partial charge < -0.3 is 0 Å². The van der Waals surface area contributed by atoms with E-state index >= 15 is 0 Å². The maximum Gasteiger partial charge on any atom is 0.253 e. The van der Waals surface area contributed by atoms with E-state index < -0.39 is 0 Å². The van der Waals surface area contributed by atoms with Gasteiger partial charge in [-0.25, -0.2) is 0 Å². The number of hydrogen-bond donors (Lipinski definition) is 0. The largest absolute Gasteiger partial charge is 0.272 e. The van der Waals surface area contributed by atoms with Gasteiger partial charge in [0.2, 0.25) is 0 Å². The third-order valence-electron chi connectivity index (χ3n) is 2.86. The monoisotopic (exact) mass is 271 g/mol. The standard InChI is InChI=1S/C14H10ClN3O/c15-11-7-5-10(6-8-11)9-14(19)18-13-4-2-1-3-12(13)16-17-18/h1-8H,9H2. The first-order valence-electron chi connectivity index (χ1n) is 5.82. The van der Waals surface area contributed by atoms with Crippen LogP contribution >= 0.6 is 11.6 Å². The van der Waals surface area contributed by atoms with Crippen molar-refractivity contribution in [1.82, 2.24) is 15.0 Å². The van der Waals surface area contributed by atoms with Gasteiger partial charge in [-0.3, -0.25) is 4.79 Å². The lowest BCUT2D eigenvalue weighted by Crippen LogP contribution is -2.15. The highest BCUT2D eigenvalue weighted by Gasteiger charge is 2.11. The minimum Gasteiger partial charge on any atom is -0.272 e. The topological polar surface area (TPSA) is 47.8 Å². The second kappa shape index (κ2) is 4.82. The second-order valence-corrected chi connectivity index (χ2v) is 4.62. The normalized spacial score (nSPS) is 10.8. The smallest absolute Gasteiger partial charge is 0.253 e. The van der Waals surface area contributed by atoms with Crippen molar-refractivity contribution in [3.63, 3.8) is 0 Å². The zero-order valence-corrected chi connectivity index (χ0v) is 10.7. The third-order valence-corrected chi connectivity index (χ3v) is 3.11. The van der Waals surface area contributed by atoms with E-state index in [1.165, 1.54) is 4.68 Å².